The lowest BCUT2D eigenvalue weighted by Crippen LogP contribution is -2.00. The van der Waals surface area contributed by atoms with Gasteiger partial charge >= 0.3 is 0 Å². The standard InChI is InChI=1S/C24H20O2/c25-12-10-16-14-17(11-13-26)23-21-9-2-5-15-4-1-7-19(22(15)21)20-8-3-6-18(16)24(20)23/h1-9,14,25-26H,10-13H2. The van der Waals surface area contributed by atoms with E-state index in [2.05, 4.69) is 60.7 Å². The molecular weight excluding hydrogens is 320 g/mol. The van der Waals surface area contributed by atoms with Gasteiger partial charge < -0.3 is 10.2 Å². The Morgan fingerprint density at radius 3 is 1.85 bits per heavy atom. The molecule has 26 heavy (non-hydrogen) atoms. The van der Waals surface area contributed by atoms with Gasteiger partial charge in [0.2, 0.25) is 0 Å². The Balaban J connectivity index is 2.12. The minimum Gasteiger partial charge on any atom is -0.396 e. The SMILES string of the molecule is OCCc1cc(CCO)c2c3cccc4cccc(c5cccc1c52)c43. The molecule has 0 unspecified atom stereocenters. The van der Waals surface area contributed by atoms with Gasteiger partial charge in [-0.1, -0.05) is 60.7 Å². The molecule has 5 rings (SSSR count). The second-order valence-electron chi connectivity index (χ2n) is 6.95. The molecule has 0 heterocycles. The largest absolute Gasteiger partial charge is 0.396 e. The van der Waals surface area contributed by atoms with Gasteiger partial charge in [0, 0.05) is 13.2 Å². The third kappa shape index (κ3) is 2.06. The Hall–Kier alpha value is -2.68. The maximum atomic E-state index is 9.66. The van der Waals surface area contributed by atoms with Crippen LogP contribution in [0.2, 0.25) is 0 Å². The second-order valence-corrected chi connectivity index (χ2v) is 6.95. The average Bonchev–Trinajstić information content (AvgIpc) is 2.67. The molecule has 0 aliphatic carbocycles. The van der Waals surface area contributed by atoms with Crippen molar-refractivity contribution in [2.45, 2.75) is 12.8 Å². The Kier molecular flexibility index (Phi) is 3.56. The molecule has 2 N–H and O–H groups in total. The molecule has 5 aromatic carbocycles. The van der Waals surface area contributed by atoms with E-state index in [0.29, 0.717) is 12.8 Å². The van der Waals surface area contributed by atoms with Gasteiger partial charge in [0.05, 0.1) is 0 Å². The number of hydrogen-bond acceptors (Lipinski definition) is 2. The van der Waals surface area contributed by atoms with Crippen LogP contribution in [0.5, 0.6) is 0 Å². The molecule has 0 saturated heterocycles. The number of benzene rings is 5. The smallest absolute Gasteiger partial charge is 0.0471 e. The van der Waals surface area contributed by atoms with Gasteiger partial charge in [-0.2, -0.15) is 0 Å². The third-order valence-electron chi connectivity index (χ3n) is 5.56. The summed E-state index contributed by atoms with van der Waals surface area (Å²) in [5.41, 5.74) is 2.32. The van der Waals surface area contributed by atoms with Crippen molar-refractivity contribution in [3.8, 4) is 0 Å². The Morgan fingerprint density at radius 1 is 0.538 bits per heavy atom. The molecule has 2 nitrogen and oxygen atoms in total. The lowest BCUT2D eigenvalue weighted by Gasteiger charge is -2.19. The minimum atomic E-state index is 0.122. The van der Waals surface area contributed by atoms with Gasteiger partial charge in [-0.3, -0.25) is 0 Å². The summed E-state index contributed by atoms with van der Waals surface area (Å²) in [5, 5.41) is 29.2. The number of aliphatic hydroxyl groups excluding tert-OH is 2. The molecule has 0 aliphatic heterocycles. The summed E-state index contributed by atoms with van der Waals surface area (Å²) >= 11 is 0. The van der Waals surface area contributed by atoms with E-state index in [-0.39, 0.29) is 13.2 Å². The highest BCUT2D eigenvalue weighted by Crippen LogP contribution is 2.42. The predicted octanol–water partition coefficient (Wildman–Crippen LogP) is 4.81. The summed E-state index contributed by atoms with van der Waals surface area (Å²) in [6.07, 6.45) is 1.25. The highest BCUT2D eigenvalue weighted by Gasteiger charge is 2.17. The Bertz CT molecular complexity index is 1250. The van der Waals surface area contributed by atoms with E-state index in [9.17, 15) is 10.2 Å². The van der Waals surface area contributed by atoms with Crippen molar-refractivity contribution in [2.75, 3.05) is 13.2 Å². The van der Waals surface area contributed by atoms with Gasteiger partial charge in [-0.05, 0) is 67.1 Å². The maximum absolute atomic E-state index is 9.66. The molecule has 5 aromatic rings. The number of hydrogen-bond donors (Lipinski definition) is 2. The fraction of sp³-hybridized carbons (Fsp3) is 0.167. The average molecular weight is 340 g/mol. The molecule has 0 spiro atoms. The molecule has 0 fully saturated rings. The fourth-order valence-electron chi connectivity index (χ4n) is 4.56. The molecule has 0 radical (unpaired) electrons. The van der Waals surface area contributed by atoms with E-state index in [0.717, 1.165) is 11.1 Å². The molecule has 0 atom stereocenters. The lowest BCUT2D eigenvalue weighted by molar-refractivity contribution is 0.298. The number of aliphatic hydroxyl groups is 2. The van der Waals surface area contributed by atoms with Crippen molar-refractivity contribution >= 4 is 43.1 Å². The van der Waals surface area contributed by atoms with Crippen LogP contribution in [0.3, 0.4) is 0 Å². The third-order valence-corrected chi connectivity index (χ3v) is 5.56. The zero-order valence-electron chi connectivity index (χ0n) is 14.5. The van der Waals surface area contributed by atoms with Crippen LogP contribution in [0, 0.1) is 0 Å². The van der Waals surface area contributed by atoms with E-state index in [4.69, 9.17) is 0 Å². The van der Waals surface area contributed by atoms with E-state index in [1.54, 1.807) is 0 Å². The van der Waals surface area contributed by atoms with E-state index in [1.807, 2.05) is 0 Å². The van der Waals surface area contributed by atoms with Crippen LogP contribution in [0.15, 0.2) is 60.7 Å². The molecule has 0 aliphatic rings. The normalized spacial score (nSPS) is 12.1. The van der Waals surface area contributed by atoms with Crippen LogP contribution in [0.4, 0.5) is 0 Å². The van der Waals surface area contributed by atoms with Crippen molar-refractivity contribution in [1.29, 1.82) is 0 Å². The van der Waals surface area contributed by atoms with Crippen LogP contribution in [-0.2, 0) is 12.8 Å². The molecular formula is C24H20O2. The maximum Gasteiger partial charge on any atom is 0.0471 e. The second kappa shape index (κ2) is 5.94. The quantitative estimate of drug-likeness (QED) is 0.364. The molecule has 0 amide bonds. The summed E-state index contributed by atoms with van der Waals surface area (Å²) in [7, 11) is 0. The molecule has 2 heteroatoms. The highest BCUT2D eigenvalue weighted by molar-refractivity contribution is 6.33. The first-order chi connectivity index (χ1) is 12.8. The van der Waals surface area contributed by atoms with Crippen LogP contribution >= 0.6 is 0 Å². The summed E-state index contributed by atoms with van der Waals surface area (Å²) in [4.78, 5) is 0. The fourth-order valence-corrected chi connectivity index (χ4v) is 4.56. The number of fused-ring (bicyclic) bond motifs is 2. The van der Waals surface area contributed by atoms with Crippen molar-refractivity contribution < 1.29 is 10.2 Å². The summed E-state index contributed by atoms with van der Waals surface area (Å²) in [6.45, 7) is 0.250. The van der Waals surface area contributed by atoms with E-state index < -0.39 is 0 Å². The van der Waals surface area contributed by atoms with Crippen molar-refractivity contribution in [2.24, 2.45) is 0 Å². The van der Waals surface area contributed by atoms with Crippen molar-refractivity contribution in [3.05, 3.63) is 71.8 Å². The molecule has 0 saturated carbocycles. The topological polar surface area (TPSA) is 40.5 Å². The predicted molar refractivity (Wildman–Crippen MR) is 109 cm³/mol. The zero-order chi connectivity index (χ0) is 17.7. The Morgan fingerprint density at radius 2 is 1.12 bits per heavy atom. The first-order valence-corrected chi connectivity index (χ1v) is 9.15. The van der Waals surface area contributed by atoms with Crippen molar-refractivity contribution in [3.63, 3.8) is 0 Å². The first-order valence-electron chi connectivity index (χ1n) is 9.15. The van der Waals surface area contributed by atoms with E-state index >= 15 is 0 Å². The van der Waals surface area contributed by atoms with Gasteiger partial charge in [0.1, 0.15) is 0 Å². The minimum absolute atomic E-state index is 0.122. The molecule has 128 valence electrons. The van der Waals surface area contributed by atoms with Crippen molar-refractivity contribution in [1.82, 2.24) is 0 Å². The van der Waals surface area contributed by atoms with Gasteiger partial charge in [-0.25, -0.2) is 0 Å². The van der Waals surface area contributed by atoms with Crippen LogP contribution in [0.25, 0.3) is 43.1 Å². The summed E-state index contributed by atoms with van der Waals surface area (Å²) in [5.74, 6) is 0. The highest BCUT2D eigenvalue weighted by atomic mass is 16.3. The molecule has 0 bridgehead atoms. The summed E-state index contributed by atoms with van der Waals surface area (Å²) in [6, 6.07) is 21.6. The van der Waals surface area contributed by atoms with Gasteiger partial charge in [0.25, 0.3) is 0 Å². The van der Waals surface area contributed by atoms with Gasteiger partial charge in [0.15, 0.2) is 0 Å². The van der Waals surface area contributed by atoms with Crippen LogP contribution in [0.1, 0.15) is 11.1 Å². The summed E-state index contributed by atoms with van der Waals surface area (Å²) < 4.78 is 0. The number of rotatable bonds is 4. The molecule has 0 aromatic heterocycles. The van der Waals surface area contributed by atoms with Crippen LogP contribution < -0.4 is 0 Å². The van der Waals surface area contributed by atoms with Crippen LogP contribution in [-0.4, -0.2) is 23.4 Å². The Labute approximate surface area is 151 Å². The zero-order valence-corrected chi connectivity index (χ0v) is 14.5. The lowest BCUT2D eigenvalue weighted by atomic mass is 9.85. The van der Waals surface area contributed by atoms with E-state index in [1.165, 1.54) is 43.1 Å². The first kappa shape index (κ1) is 15.6. The van der Waals surface area contributed by atoms with Gasteiger partial charge in [-0.15, -0.1) is 0 Å². The monoisotopic (exact) mass is 340 g/mol.